The molecule has 0 saturated carbocycles. The Morgan fingerprint density at radius 1 is 1.15 bits per heavy atom. The van der Waals surface area contributed by atoms with Crippen molar-refractivity contribution in [3.8, 4) is 0 Å². The third-order valence-electron chi connectivity index (χ3n) is 2.93. The standard InChI is InChI=1S/C14H12Cl2N2O2/c1-7-13(14(19)20)8(2)18-12(17-7)6-9-10(15)4-3-5-11(9)16/h3-5H,6H2,1-2H3,(H,19,20). The Labute approximate surface area is 126 Å². The Kier molecular flexibility index (Phi) is 4.26. The van der Waals surface area contributed by atoms with E-state index in [9.17, 15) is 4.79 Å². The highest BCUT2D eigenvalue weighted by atomic mass is 35.5. The molecule has 6 heteroatoms. The number of hydrogen-bond acceptors (Lipinski definition) is 3. The van der Waals surface area contributed by atoms with Crippen LogP contribution in [0.4, 0.5) is 0 Å². The lowest BCUT2D eigenvalue weighted by Gasteiger charge is -2.09. The van der Waals surface area contributed by atoms with E-state index in [0.717, 1.165) is 5.56 Å². The molecule has 0 fully saturated rings. The van der Waals surface area contributed by atoms with Gasteiger partial charge in [-0.1, -0.05) is 29.3 Å². The van der Waals surface area contributed by atoms with E-state index >= 15 is 0 Å². The van der Waals surface area contributed by atoms with Crippen LogP contribution in [0, 0.1) is 13.8 Å². The van der Waals surface area contributed by atoms with Crippen LogP contribution in [0.3, 0.4) is 0 Å². The number of carboxylic acid groups (broad SMARTS) is 1. The molecule has 4 nitrogen and oxygen atoms in total. The smallest absolute Gasteiger partial charge is 0.339 e. The molecule has 0 atom stereocenters. The maximum atomic E-state index is 11.1. The van der Waals surface area contributed by atoms with Crippen LogP contribution in [0.1, 0.15) is 33.1 Å². The van der Waals surface area contributed by atoms with Crippen molar-refractivity contribution in [1.82, 2.24) is 9.97 Å². The summed E-state index contributed by atoms with van der Waals surface area (Å²) in [6.07, 6.45) is 0.361. The van der Waals surface area contributed by atoms with Crippen molar-refractivity contribution in [2.75, 3.05) is 0 Å². The van der Waals surface area contributed by atoms with Gasteiger partial charge in [0, 0.05) is 16.5 Å². The van der Waals surface area contributed by atoms with Gasteiger partial charge in [0.2, 0.25) is 0 Å². The number of aryl methyl sites for hydroxylation is 2. The Balaban J connectivity index is 2.43. The summed E-state index contributed by atoms with van der Waals surface area (Å²) >= 11 is 12.2. The lowest BCUT2D eigenvalue weighted by atomic mass is 10.1. The van der Waals surface area contributed by atoms with E-state index in [1.165, 1.54) is 0 Å². The zero-order valence-corrected chi connectivity index (χ0v) is 12.5. The number of carboxylic acids is 1. The minimum atomic E-state index is -1.03. The van der Waals surface area contributed by atoms with Gasteiger partial charge < -0.3 is 5.11 Å². The quantitative estimate of drug-likeness (QED) is 0.939. The van der Waals surface area contributed by atoms with Crippen LogP contribution >= 0.6 is 23.2 Å². The molecule has 1 aromatic heterocycles. The number of rotatable bonds is 3. The fourth-order valence-electron chi connectivity index (χ4n) is 2.03. The zero-order chi connectivity index (χ0) is 14.9. The number of carbonyl (C=O) groups is 1. The first-order valence-corrected chi connectivity index (χ1v) is 6.66. The highest BCUT2D eigenvalue weighted by Crippen LogP contribution is 2.26. The number of benzene rings is 1. The second kappa shape index (κ2) is 5.77. The second-order valence-electron chi connectivity index (χ2n) is 4.37. The highest BCUT2D eigenvalue weighted by Gasteiger charge is 2.16. The molecule has 2 aromatic rings. The molecule has 0 aliphatic carbocycles. The van der Waals surface area contributed by atoms with E-state index in [4.69, 9.17) is 28.3 Å². The summed E-state index contributed by atoms with van der Waals surface area (Å²) in [5.74, 6) is -0.526. The molecule has 2 rings (SSSR count). The van der Waals surface area contributed by atoms with Crippen LogP contribution in [0.2, 0.25) is 10.0 Å². The predicted octanol–water partition coefficient (Wildman–Crippen LogP) is 3.69. The molecule has 1 N–H and O–H groups in total. The van der Waals surface area contributed by atoms with E-state index in [-0.39, 0.29) is 5.56 Å². The third-order valence-corrected chi connectivity index (χ3v) is 3.64. The molecule has 0 unspecified atom stereocenters. The largest absolute Gasteiger partial charge is 0.478 e. The van der Waals surface area contributed by atoms with Crippen molar-refractivity contribution in [2.24, 2.45) is 0 Å². The monoisotopic (exact) mass is 310 g/mol. The summed E-state index contributed by atoms with van der Waals surface area (Å²) in [5, 5.41) is 10.2. The van der Waals surface area contributed by atoms with Gasteiger partial charge in [0.1, 0.15) is 11.4 Å². The average Bonchev–Trinajstić information content (AvgIpc) is 2.32. The number of nitrogens with zero attached hydrogens (tertiary/aromatic N) is 2. The molecule has 0 saturated heterocycles. The van der Waals surface area contributed by atoms with E-state index in [0.29, 0.717) is 33.7 Å². The van der Waals surface area contributed by atoms with Crippen molar-refractivity contribution in [2.45, 2.75) is 20.3 Å². The number of hydrogen-bond donors (Lipinski definition) is 1. The predicted molar refractivity (Wildman–Crippen MR) is 77.7 cm³/mol. The summed E-state index contributed by atoms with van der Waals surface area (Å²) in [6.45, 7) is 3.30. The third kappa shape index (κ3) is 2.92. The Morgan fingerprint density at radius 3 is 2.10 bits per heavy atom. The SMILES string of the molecule is Cc1nc(Cc2c(Cl)cccc2Cl)nc(C)c1C(=O)O. The maximum absolute atomic E-state index is 11.1. The first kappa shape index (κ1) is 14.8. The topological polar surface area (TPSA) is 63.1 Å². The minimum absolute atomic E-state index is 0.138. The van der Waals surface area contributed by atoms with Gasteiger partial charge in [-0.3, -0.25) is 0 Å². The van der Waals surface area contributed by atoms with Crippen LogP contribution in [0.5, 0.6) is 0 Å². The first-order valence-electron chi connectivity index (χ1n) is 5.90. The Hall–Kier alpha value is -1.65. The molecular formula is C14H12Cl2N2O2. The van der Waals surface area contributed by atoms with Crippen LogP contribution < -0.4 is 0 Å². The van der Waals surface area contributed by atoms with Crippen molar-refractivity contribution in [3.05, 3.63) is 56.6 Å². The summed E-state index contributed by atoms with van der Waals surface area (Å²) in [7, 11) is 0. The molecule has 0 aliphatic rings. The molecule has 0 amide bonds. The van der Waals surface area contributed by atoms with Gasteiger partial charge in [0.05, 0.1) is 11.4 Å². The van der Waals surface area contributed by atoms with Crippen molar-refractivity contribution < 1.29 is 9.90 Å². The fraction of sp³-hybridized carbons (Fsp3) is 0.214. The fourth-order valence-corrected chi connectivity index (χ4v) is 2.56. The van der Waals surface area contributed by atoms with Gasteiger partial charge in [-0.2, -0.15) is 0 Å². The van der Waals surface area contributed by atoms with Gasteiger partial charge in [0.25, 0.3) is 0 Å². The van der Waals surface area contributed by atoms with E-state index < -0.39 is 5.97 Å². The molecule has 1 heterocycles. The van der Waals surface area contributed by atoms with Crippen molar-refractivity contribution in [3.63, 3.8) is 0 Å². The van der Waals surface area contributed by atoms with Gasteiger partial charge in [-0.25, -0.2) is 14.8 Å². The molecule has 1 aromatic carbocycles. The van der Waals surface area contributed by atoms with E-state index in [1.807, 2.05) is 0 Å². The Bertz CT molecular complexity index is 644. The molecule has 0 bridgehead atoms. The maximum Gasteiger partial charge on any atom is 0.339 e. The number of aromatic nitrogens is 2. The van der Waals surface area contributed by atoms with Crippen LogP contribution in [-0.2, 0) is 6.42 Å². The van der Waals surface area contributed by atoms with Gasteiger partial charge >= 0.3 is 5.97 Å². The molecule has 0 spiro atoms. The summed E-state index contributed by atoms with van der Waals surface area (Å²) < 4.78 is 0. The lowest BCUT2D eigenvalue weighted by molar-refractivity contribution is 0.0694. The normalized spacial score (nSPS) is 10.6. The Morgan fingerprint density at radius 2 is 1.65 bits per heavy atom. The van der Waals surface area contributed by atoms with Gasteiger partial charge in [-0.15, -0.1) is 0 Å². The van der Waals surface area contributed by atoms with Crippen LogP contribution in [-0.4, -0.2) is 21.0 Å². The zero-order valence-electron chi connectivity index (χ0n) is 10.9. The van der Waals surface area contributed by atoms with Gasteiger partial charge in [0.15, 0.2) is 0 Å². The molecular weight excluding hydrogens is 299 g/mol. The van der Waals surface area contributed by atoms with E-state index in [1.54, 1.807) is 32.0 Å². The average molecular weight is 311 g/mol. The number of aromatic carboxylic acids is 1. The lowest BCUT2D eigenvalue weighted by Crippen LogP contribution is -2.10. The molecule has 0 radical (unpaired) electrons. The van der Waals surface area contributed by atoms with E-state index in [2.05, 4.69) is 9.97 Å². The first-order chi connectivity index (χ1) is 9.40. The number of halogens is 2. The van der Waals surface area contributed by atoms with Crippen LogP contribution in [0.25, 0.3) is 0 Å². The second-order valence-corrected chi connectivity index (χ2v) is 5.18. The summed E-state index contributed by atoms with van der Waals surface area (Å²) in [6, 6.07) is 5.25. The molecule has 0 aliphatic heterocycles. The van der Waals surface area contributed by atoms with Crippen molar-refractivity contribution >= 4 is 29.2 Å². The minimum Gasteiger partial charge on any atom is -0.478 e. The van der Waals surface area contributed by atoms with Crippen LogP contribution in [0.15, 0.2) is 18.2 Å². The molecule has 104 valence electrons. The summed E-state index contributed by atoms with van der Waals surface area (Å²) in [5.41, 5.74) is 1.74. The van der Waals surface area contributed by atoms with Crippen molar-refractivity contribution in [1.29, 1.82) is 0 Å². The summed E-state index contributed by atoms with van der Waals surface area (Å²) in [4.78, 5) is 19.5. The highest BCUT2D eigenvalue weighted by molar-refractivity contribution is 6.36. The molecule has 20 heavy (non-hydrogen) atoms. The van der Waals surface area contributed by atoms with Gasteiger partial charge in [-0.05, 0) is 31.5 Å².